The summed E-state index contributed by atoms with van der Waals surface area (Å²) < 4.78 is 7.22. The summed E-state index contributed by atoms with van der Waals surface area (Å²) >= 11 is 0.229. The van der Waals surface area contributed by atoms with E-state index in [2.05, 4.69) is 8.09 Å². The fourth-order valence-corrected chi connectivity index (χ4v) is 1.30. The SMILES string of the molecule is C1CN[As]=N1. The number of rotatable bonds is 0. The molecule has 1 rings (SSSR count). The molecule has 0 spiro atoms. The summed E-state index contributed by atoms with van der Waals surface area (Å²) in [6.45, 7) is 2.18. The van der Waals surface area contributed by atoms with Crippen molar-refractivity contribution in [3.63, 3.8) is 0 Å². The van der Waals surface area contributed by atoms with Gasteiger partial charge in [0, 0.05) is 0 Å². The van der Waals surface area contributed by atoms with Crippen LogP contribution in [0.5, 0.6) is 0 Å². The van der Waals surface area contributed by atoms with Crippen molar-refractivity contribution in [3.8, 4) is 0 Å². The van der Waals surface area contributed by atoms with Gasteiger partial charge in [0.2, 0.25) is 0 Å². The molecule has 0 amide bonds. The Kier molecular flexibility index (Phi) is 1.18. The zero-order chi connectivity index (χ0) is 3.54. The molecule has 5 heavy (non-hydrogen) atoms. The van der Waals surface area contributed by atoms with Crippen LogP contribution in [0.3, 0.4) is 0 Å². The first kappa shape index (κ1) is 3.51. The van der Waals surface area contributed by atoms with Crippen molar-refractivity contribution in [1.29, 1.82) is 0 Å². The molecule has 0 saturated carbocycles. The van der Waals surface area contributed by atoms with Crippen LogP contribution in [0.25, 0.3) is 0 Å². The third kappa shape index (κ3) is 0.821. The predicted octanol–water partition coefficient (Wildman–Crippen LogP) is -0.608. The van der Waals surface area contributed by atoms with Crippen LogP contribution in [0.15, 0.2) is 3.86 Å². The van der Waals surface area contributed by atoms with Gasteiger partial charge in [0.25, 0.3) is 0 Å². The van der Waals surface area contributed by atoms with Gasteiger partial charge in [0.1, 0.15) is 0 Å². The Morgan fingerprint density at radius 3 is 3.00 bits per heavy atom. The van der Waals surface area contributed by atoms with E-state index >= 15 is 0 Å². The molecule has 0 aromatic carbocycles. The molecule has 2 nitrogen and oxygen atoms in total. The van der Waals surface area contributed by atoms with Gasteiger partial charge >= 0.3 is 37.0 Å². The second-order valence-electron chi connectivity index (χ2n) is 0.873. The molecule has 0 saturated heterocycles. The molecular formula is C2H5AsN2. The topological polar surface area (TPSA) is 24.4 Å². The van der Waals surface area contributed by atoms with E-state index in [0.29, 0.717) is 0 Å². The first-order valence-corrected chi connectivity index (χ1v) is 3.37. The van der Waals surface area contributed by atoms with Gasteiger partial charge in [-0.15, -0.1) is 0 Å². The first-order valence-electron chi connectivity index (χ1n) is 1.59. The van der Waals surface area contributed by atoms with E-state index < -0.39 is 0 Å². The quantitative estimate of drug-likeness (QED) is 0.437. The molecule has 0 aromatic heterocycles. The van der Waals surface area contributed by atoms with E-state index in [9.17, 15) is 0 Å². The van der Waals surface area contributed by atoms with Crippen LogP contribution in [0.1, 0.15) is 0 Å². The summed E-state index contributed by atoms with van der Waals surface area (Å²) in [4.78, 5) is 0. The van der Waals surface area contributed by atoms with Crippen LogP contribution >= 0.6 is 0 Å². The van der Waals surface area contributed by atoms with Crippen molar-refractivity contribution in [2.24, 2.45) is 3.86 Å². The second-order valence-corrected chi connectivity index (χ2v) is 2.55. The van der Waals surface area contributed by atoms with Gasteiger partial charge in [-0.1, -0.05) is 0 Å². The number of hydrogen-bond donors (Lipinski definition) is 1. The summed E-state index contributed by atoms with van der Waals surface area (Å²) in [6, 6.07) is 0. The summed E-state index contributed by atoms with van der Waals surface area (Å²) in [7, 11) is 0. The van der Waals surface area contributed by atoms with E-state index in [-0.39, 0.29) is 15.8 Å². The zero-order valence-corrected chi connectivity index (χ0v) is 4.69. The standard InChI is InChI=1S/C2H5AsN2/c1-2-5-3-4-1/h1-2H2,(H,4,5). The Bertz CT molecular complexity index is 45.6. The third-order valence-electron chi connectivity index (χ3n) is 0.465. The molecule has 0 radical (unpaired) electrons. The van der Waals surface area contributed by atoms with E-state index in [1.807, 2.05) is 0 Å². The Balaban J connectivity index is 2.32. The molecule has 0 unspecified atom stereocenters. The molecule has 0 atom stereocenters. The number of hydrogen-bond acceptors (Lipinski definition) is 2. The van der Waals surface area contributed by atoms with Crippen LogP contribution in [0.2, 0.25) is 0 Å². The van der Waals surface area contributed by atoms with Crippen molar-refractivity contribution >= 4 is 15.8 Å². The molecule has 1 aliphatic heterocycles. The Labute approximate surface area is 37.7 Å². The normalized spacial score (nSPS) is 24.0. The molecule has 0 fully saturated rings. The van der Waals surface area contributed by atoms with Gasteiger partial charge in [-0.25, -0.2) is 0 Å². The summed E-state index contributed by atoms with van der Waals surface area (Å²) in [6.07, 6.45) is 0. The van der Waals surface area contributed by atoms with Crippen LogP contribution in [0, 0.1) is 0 Å². The molecule has 1 aliphatic rings. The summed E-state index contributed by atoms with van der Waals surface area (Å²) in [5.41, 5.74) is 0. The molecule has 0 aliphatic carbocycles. The predicted molar refractivity (Wildman–Crippen MR) is 21.1 cm³/mol. The van der Waals surface area contributed by atoms with Crippen molar-refractivity contribution in [1.82, 2.24) is 4.23 Å². The van der Waals surface area contributed by atoms with E-state index in [0.717, 1.165) is 13.1 Å². The Morgan fingerprint density at radius 2 is 2.80 bits per heavy atom. The Morgan fingerprint density at radius 1 is 1.80 bits per heavy atom. The molecule has 0 aromatic rings. The van der Waals surface area contributed by atoms with Crippen LogP contribution in [-0.4, -0.2) is 28.9 Å². The fourth-order valence-electron chi connectivity index (χ4n) is 0.250. The fraction of sp³-hybridized carbons (Fsp3) is 1.00. The van der Waals surface area contributed by atoms with Crippen molar-refractivity contribution in [2.75, 3.05) is 13.1 Å². The van der Waals surface area contributed by atoms with Gasteiger partial charge in [-0.2, -0.15) is 0 Å². The van der Waals surface area contributed by atoms with Crippen molar-refractivity contribution in [2.45, 2.75) is 0 Å². The van der Waals surface area contributed by atoms with Crippen LogP contribution < -0.4 is 4.23 Å². The van der Waals surface area contributed by atoms with Crippen molar-refractivity contribution in [3.05, 3.63) is 0 Å². The van der Waals surface area contributed by atoms with E-state index in [4.69, 9.17) is 0 Å². The number of nitrogens with zero attached hydrogens (tertiary/aromatic N) is 1. The average molecular weight is 132 g/mol. The van der Waals surface area contributed by atoms with Gasteiger partial charge in [0.15, 0.2) is 0 Å². The zero-order valence-electron chi connectivity index (χ0n) is 2.81. The first-order chi connectivity index (χ1) is 2.50. The monoisotopic (exact) mass is 132 g/mol. The van der Waals surface area contributed by atoms with E-state index in [1.165, 1.54) is 0 Å². The van der Waals surface area contributed by atoms with Gasteiger partial charge in [0.05, 0.1) is 0 Å². The van der Waals surface area contributed by atoms with Gasteiger partial charge in [-0.3, -0.25) is 0 Å². The van der Waals surface area contributed by atoms with Crippen LogP contribution in [0.4, 0.5) is 0 Å². The maximum atomic E-state index is 4.07. The minimum absolute atomic E-state index is 0.229. The molecular weight excluding hydrogens is 127 g/mol. The van der Waals surface area contributed by atoms with Crippen LogP contribution in [-0.2, 0) is 0 Å². The van der Waals surface area contributed by atoms with Crippen molar-refractivity contribution < 1.29 is 0 Å². The Hall–Kier alpha value is 0.318. The number of nitrogens with one attached hydrogen (secondary N) is 1. The molecule has 0 bridgehead atoms. The molecule has 3 heteroatoms. The van der Waals surface area contributed by atoms with Gasteiger partial charge in [-0.05, 0) is 0 Å². The summed E-state index contributed by atoms with van der Waals surface area (Å²) in [5.74, 6) is 0. The molecule has 28 valence electrons. The summed E-state index contributed by atoms with van der Waals surface area (Å²) in [5, 5.41) is 0. The molecule has 1 N–H and O–H groups in total. The third-order valence-corrected chi connectivity index (χ3v) is 1.95. The molecule has 1 heterocycles. The van der Waals surface area contributed by atoms with E-state index in [1.54, 1.807) is 0 Å². The minimum atomic E-state index is 0.229. The maximum absolute atomic E-state index is 4.07. The van der Waals surface area contributed by atoms with Gasteiger partial charge < -0.3 is 0 Å². The average Bonchev–Trinajstić information content (AvgIpc) is 1.76. The second kappa shape index (κ2) is 1.68.